The number of rotatable bonds is 16. The fraction of sp³-hybridized carbons (Fsp3) is 0.792. The molecule has 0 aliphatic heterocycles. The molecule has 1 amide bonds. The number of carbonyl (C=O) groups excluding carboxylic acids is 1. The van der Waals surface area contributed by atoms with Gasteiger partial charge in [-0.1, -0.05) is 38.0 Å². The number of unbranched alkanes of at least 4 members (excludes halogenated alkanes) is 3. The molecule has 0 aliphatic rings. The highest BCUT2D eigenvalue weighted by molar-refractivity contribution is 5.67. The van der Waals surface area contributed by atoms with Crippen molar-refractivity contribution in [1.82, 2.24) is 16.0 Å². The molecule has 0 aromatic rings. The Balaban J connectivity index is 3.71. The smallest absolute Gasteiger partial charge is 0.407 e. The number of amides is 1. The molecule has 0 saturated carbocycles. The quantitative estimate of drug-likeness (QED) is 0.163. The summed E-state index contributed by atoms with van der Waals surface area (Å²) in [6.07, 6.45) is 9.82. The third-order valence-corrected chi connectivity index (χ3v) is 4.64. The number of aliphatic hydroxyl groups is 1. The summed E-state index contributed by atoms with van der Waals surface area (Å²) in [7, 11) is 0. The molecule has 182 valence electrons. The van der Waals surface area contributed by atoms with Crippen LogP contribution in [0.25, 0.3) is 0 Å². The molecular weight excluding hydrogens is 394 g/mol. The van der Waals surface area contributed by atoms with Gasteiger partial charge in [-0.2, -0.15) is 0 Å². The summed E-state index contributed by atoms with van der Waals surface area (Å²) in [5.74, 6) is 0. The van der Waals surface area contributed by atoms with Gasteiger partial charge in [0.2, 0.25) is 6.41 Å². The second-order valence-corrected chi connectivity index (χ2v) is 9.05. The monoisotopic (exact) mass is 441 g/mol. The van der Waals surface area contributed by atoms with Crippen LogP contribution in [0.15, 0.2) is 23.8 Å². The van der Waals surface area contributed by atoms with Crippen molar-refractivity contribution in [2.24, 2.45) is 0 Å². The van der Waals surface area contributed by atoms with Crippen LogP contribution < -0.4 is 16.0 Å². The summed E-state index contributed by atoms with van der Waals surface area (Å²) >= 11 is 0. The first-order valence-electron chi connectivity index (χ1n) is 11.6. The molecule has 0 saturated heterocycles. The molecule has 31 heavy (non-hydrogen) atoms. The van der Waals surface area contributed by atoms with E-state index in [0.717, 1.165) is 44.2 Å². The summed E-state index contributed by atoms with van der Waals surface area (Å²) in [6, 6.07) is 0.290. The minimum atomic E-state index is -0.976. The maximum atomic E-state index is 11.7. The van der Waals surface area contributed by atoms with E-state index in [0.29, 0.717) is 13.2 Å². The van der Waals surface area contributed by atoms with Gasteiger partial charge in [0.15, 0.2) is 0 Å². The van der Waals surface area contributed by atoms with Crippen molar-refractivity contribution in [2.45, 2.75) is 105 Å². The van der Waals surface area contributed by atoms with Gasteiger partial charge in [-0.3, -0.25) is 5.32 Å². The number of carbonyl (C=O) groups is 1. The first-order chi connectivity index (χ1) is 14.5. The SMILES string of the molecule is CCC=CC=C(C)COC(=O)NCCCCCCNC(C)C(C)NC(O)OC(C)(C)C. The molecule has 0 aromatic carbocycles. The van der Waals surface area contributed by atoms with Crippen LogP contribution in [0.2, 0.25) is 0 Å². The fourth-order valence-electron chi connectivity index (χ4n) is 2.69. The summed E-state index contributed by atoms with van der Waals surface area (Å²) < 4.78 is 10.7. The van der Waals surface area contributed by atoms with Crippen LogP contribution in [0.1, 0.15) is 80.6 Å². The van der Waals surface area contributed by atoms with Gasteiger partial charge in [-0.15, -0.1) is 0 Å². The summed E-state index contributed by atoms with van der Waals surface area (Å²) in [6.45, 7) is 15.7. The van der Waals surface area contributed by atoms with Gasteiger partial charge in [-0.05, 0) is 72.9 Å². The highest BCUT2D eigenvalue weighted by Gasteiger charge is 2.20. The molecule has 0 spiro atoms. The highest BCUT2D eigenvalue weighted by Crippen LogP contribution is 2.09. The minimum absolute atomic E-state index is 0.0775. The molecule has 3 unspecified atom stereocenters. The first-order valence-corrected chi connectivity index (χ1v) is 11.6. The third-order valence-electron chi connectivity index (χ3n) is 4.64. The molecule has 7 nitrogen and oxygen atoms in total. The molecular formula is C24H47N3O4. The van der Waals surface area contributed by atoms with Crippen molar-refractivity contribution in [3.8, 4) is 0 Å². The number of ether oxygens (including phenoxy) is 2. The average Bonchev–Trinajstić information content (AvgIpc) is 2.66. The Hall–Kier alpha value is -1.41. The van der Waals surface area contributed by atoms with E-state index in [2.05, 4.69) is 35.9 Å². The maximum absolute atomic E-state index is 11.7. The lowest BCUT2D eigenvalue weighted by Crippen LogP contribution is -2.50. The third kappa shape index (κ3) is 19.0. The molecule has 4 N–H and O–H groups in total. The van der Waals surface area contributed by atoms with E-state index < -0.39 is 12.0 Å². The van der Waals surface area contributed by atoms with Crippen LogP contribution in [-0.2, 0) is 9.47 Å². The largest absolute Gasteiger partial charge is 0.445 e. The Bertz CT molecular complexity index is 529. The van der Waals surface area contributed by atoms with Crippen molar-refractivity contribution in [3.05, 3.63) is 23.8 Å². The zero-order valence-electron chi connectivity index (χ0n) is 20.8. The van der Waals surface area contributed by atoms with Gasteiger partial charge in [0.05, 0.1) is 5.60 Å². The number of aliphatic hydroxyl groups excluding tert-OH is 1. The van der Waals surface area contributed by atoms with Crippen molar-refractivity contribution >= 4 is 6.09 Å². The molecule has 0 bridgehead atoms. The molecule has 0 fully saturated rings. The van der Waals surface area contributed by atoms with Crippen molar-refractivity contribution < 1.29 is 19.4 Å². The van der Waals surface area contributed by atoms with Crippen molar-refractivity contribution in [3.63, 3.8) is 0 Å². The van der Waals surface area contributed by atoms with E-state index in [1.807, 2.05) is 46.8 Å². The van der Waals surface area contributed by atoms with Gasteiger partial charge >= 0.3 is 6.09 Å². The molecule has 0 radical (unpaired) electrons. The number of hydrogen-bond donors (Lipinski definition) is 4. The predicted octanol–water partition coefficient (Wildman–Crippen LogP) is 4.23. The zero-order chi connectivity index (χ0) is 23.7. The molecule has 0 aromatic heterocycles. The van der Waals surface area contributed by atoms with Gasteiger partial charge in [0, 0.05) is 18.6 Å². The molecule has 0 aliphatic carbocycles. The Morgan fingerprint density at radius 3 is 2.32 bits per heavy atom. The van der Waals surface area contributed by atoms with Crippen molar-refractivity contribution in [1.29, 1.82) is 0 Å². The Morgan fingerprint density at radius 1 is 1.06 bits per heavy atom. The fourth-order valence-corrected chi connectivity index (χ4v) is 2.69. The highest BCUT2D eigenvalue weighted by atomic mass is 16.6. The van der Waals surface area contributed by atoms with Crippen LogP contribution in [0.5, 0.6) is 0 Å². The maximum Gasteiger partial charge on any atom is 0.407 e. The van der Waals surface area contributed by atoms with Gasteiger partial charge in [0.25, 0.3) is 0 Å². The van der Waals surface area contributed by atoms with Crippen LogP contribution in [0.3, 0.4) is 0 Å². The van der Waals surface area contributed by atoms with E-state index in [4.69, 9.17) is 9.47 Å². The zero-order valence-corrected chi connectivity index (χ0v) is 20.8. The van der Waals surface area contributed by atoms with Gasteiger partial charge < -0.3 is 25.2 Å². The Labute approximate surface area is 190 Å². The van der Waals surface area contributed by atoms with Crippen LogP contribution in [0, 0.1) is 0 Å². The number of allylic oxidation sites excluding steroid dienone is 3. The van der Waals surface area contributed by atoms with E-state index in [-0.39, 0.29) is 18.2 Å². The van der Waals surface area contributed by atoms with Crippen LogP contribution in [0.4, 0.5) is 4.79 Å². The summed E-state index contributed by atoms with van der Waals surface area (Å²) in [5, 5.41) is 19.3. The lowest BCUT2D eigenvalue weighted by molar-refractivity contribution is -0.185. The lowest BCUT2D eigenvalue weighted by atomic mass is 10.1. The van der Waals surface area contributed by atoms with E-state index >= 15 is 0 Å². The van der Waals surface area contributed by atoms with Crippen molar-refractivity contribution in [2.75, 3.05) is 19.7 Å². The van der Waals surface area contributed by atoms with Crippen LogP contribution >= 0.6 is 0 Å². The standard InChI is InChI=1S/C24H47N3O4/c1-8-9-12-15-19(2)18-30-22(28)26-17-14-11-10-13-16-25-20(3)21(4)27-23(29)31-24(5,6)7/h9,12,15,20-21,23,25,27,29H,8,10-11,13-14,16-18H2,1-7H3,(H,26,28). The number of alkyl carbamates (subject to hydrolysis) is 1. The Kier molecular flexibility index (Phi) is 16.4. The number of nitrogens with one attached hydrogen (secondary N) is 3. The first kappa shape index (κ1) is 29.6. The predicted molar refractivity (Wildman–Crippen MR) is 128 cm³/mol. The lowest BCUT2D eigenvalue weighted by Gasteiger charge is -2.29. The minimum Gasteiger partial charge on any atom is -0.445 e. The van der Waals surface area contributed by atoms with Crippen LogP contribution in [-0.4, -0.2) is 55.0 Å². The second kappa shape index (κ2) is 17.2. The molecule has 7 heteroatoms. The Morgan fingerprint density at radius 2 is 1.71 bits per heavy atom. The average molecular weight is 442 g/mol. The molecule has 0 rings (SSSR count). The second-order valence-electron chi connectivity index (χ2n) is 9.05. The van der Waals surface area contributed by atoms with E-state index in [1.165, 1.54) is 0 Å². The molecule has 0 heterocycles. The number of hydrogen-bond acceptors (Lipinski definition) is 6. The van der Waals surface area contributed by atoms with Gasteiger partial charge in [0.1, 0.15) is 6.61 Å². The molecule has 3 atom stereocenters. The summed E-state index contributed by atoms with van der Waals surface area (Å²) in [5.41, 5.74) is 0.623. The topological polar surface area (TPSA) is 91.9 Å². The summed E-state index contributed by atoms with van der Waals surface area (Å²) in [4.78, 5) is 11.7. The van der Waals surface area contributed by atoms with Gasteiger partial charge in [-0.25, -0.2) is 4.79 Å². The normalized spacial score (nSPS) is 15.7. The van der Waals surface area contributed by atoms with E-state index in [1.54, 1.807) is 0 Å². The van der Waals surface area contributed by atoms with E-state index in [9.17, 15) is 9.90 Å².